The van der Waals surface area contributed by atoms with Crippen molar-refractivity contribution in [2.75, 3.05) is 13.2 Å². The topological polar surface area (TPSA) is 74.5 Å². The Hall–Kier alpha value is -1.96. The van der Waals surface area contributed by atoms with Crippen LogP contribution in [0.15, 0.2) is 30.5 Å². The summed E-state index contributed by atoms with van der Waals surface area (Å²) in [5, 5.41) is 11.4. The SMILES string of the molecule is O=[N+]([O-])c1ccc(OC2(c3ncc(Cl)cc3Cl)CCOCC2)c(F)c1. The number of aromatic nitrogens is 1. The van der Waals surface area contributed by atoms with Gasteiger partial charge in [0.2, 0.25) is 0 Å². The van der Waals surface area contributed by atoms with Gasteiger partial charge in [-0.25, -0.2) is 4.39 Å². The fourth-order valence-electron chi connectivity index (χ4n) is 2.73. The van der Waals surface area contributed by atoms with Crippen molar-refractivity contribution in [1.82, 2.24) is 4.98 Å². The molecule has 1 aromatic carbocycles. The van der Waals surface area contributed by atoms with Crippen LogP contribution in [-0.2, 0) is 10.3 Å². The van der Waals surface area contributed by atoms with E-state index in [1.165, 1.54) is 24.4 Å². The molecule has 0 saturated carbocycles. The van der Waals surface area contributed by atoms with E-state index in [0.717, 1.165) is 6.07 Å². The molecule has 0 atom stereocenters. The van der Waals surface area contributed by atoms with Crippen LogP contribution in [0.2, 0.25) is 10.0 Å². The smallest absolute Gasteiger partial charge is 0.272 e. The second-order valence-electron chi connectivity index (χ2n) is 5.56. The monoisotopic (exact) mass is 386 g/mol. The van der Waals surface area contributed by atoms with Crippen LogP contribution in [0, 0.1) is 15.9 Å². The maximum Gasteiger partial charge on any atom is 0.272 e. The number of nitro benzene ring substituents is 1. The molecule has 1 saturated heterocycles. The summed E-state index contributed by atoms with van der Waals surface area (Å²) in [6.45, 7) is 0.768. The zero-order valence-corrected chi connectivity index (χ0v) is 14.4. The summed E-state index contributed by atoms with van der Waals surface area (Å²) in [6, 6.07) is 4.77. The lowest BCUT2D eigenvalue weighted by atomic mass is 9.89. The Balaban J connectivity index is 2.01. The van der Waals surface area contributed by atoms with E-state index >= 15 is 0 Å². The highest BCUT2D eigenvalue weighted by Gasteiger charge is 2.40. The van der Waals surface area contributed by atoms with Crippen molar-refractivity contribution in [2.24, 2.45) is 0 Å². The van der Waals surface area contributed by atoms with Crippen LogP contribution in [0.4, 0.5) is 10.1 Å². The summed E-state index contributed by atoms with van der Waals surface area (Å²) < 4.78 is 25.6. The Kier molecular flexibility index (Phi) is 5.08. The number of hydrogen-bond donors (Lipinski definition) is 0. The van der Waals surface area contributed by atoms with Crippen LogP contribution in [0.25, 0.3) is 0 Å². The highest BCUT2D eigenvalue weighted by Crippen LogP contribution is 2.41. The lowest BCUT2D eigenvalue weighted by Crippen LogP contribution is -2.40. The van der Waals surface area contributed by atoms with Gasteiger partial charge in [-0.2, -0.15) is 0 Å². The summed E-state index contributed by atoms with van der Waals surface area (Å²) in [4.78, 5) is 14.4. The third-order valence-corrected chi connectivity index (χ3v) is 4.47. The van der Waals surface area contributed by atoms with Gasteiger partial charge in [-0.05, 0) is 12.1 Å². The molecule has 1 aliphatic heterocycles. The minimum Gasteiger partial charge on any atom is -0.478 e. The number of halogens is 3. The lowest BCUT2D eigenvalue weighted by molar-refractivity contribution is -0.385. The Labute approximate surface area is 152 Å². The van der Waals surface area contributed by atoms with Crippen LogP contribution < -0.4 is 4.74 Å². The Morgan fingerprint density at radius 2 is 2.00 bits per heavy atom. The number of non-ortho nitro benzene ring substituents is 1. The van der Waals surface area contributed by atoms with E-state index in [1.807, 2.05) is 0 Å². The van der Waals surface area contributed by atoms with Gasteiger partial charge < -0.3 is 9.47 Å². The second kappa shape index (κ2) is 7.11. The van der Waals surface area contributed by atoms with Gasteiger partial charge in [0.05, 0.1) is 34.2 Å². The van der Waals surface area contributed by atoms with E-state index in [0.29, 0.717) is 41.8 Å². The van der Waals surface area contributed by atoms with E-state index in [2.05, 4.69) is 4.98 Å². The van der Waals surface area contributed by atoms with E-state index in [1.54, 1.807) is 0 Å². The first-order valence-electron chi connectivity index (χ1n) is 7.43. The van der Waals surface area contributed by atoms with Gasteiger partial charge in [-0.1, -0.05) is 23.2 Å². The highest BCUT2D eigenvalue weighted by atomic mass is 35.5. The van der Waals surface area contributed by atoms with Crippen molar-refractivity contribution in [2.45, 2.75) is 18.4 Å². The van der Waals surface area contributed by atoms with E-state index < -0.39 is 16.3 Å². The van der Waals surface area contributed by atoms with Gasteiger partial charge in [-0.3, -0.25) is 15.1 Å². The molecule has 0 bridgehead atoms. The van der Waals surface area contributed by atoms with Crippen molar-refractivity contribution in [3.05, 3.63) is 62.1 Å². The molecular formula is C16H13Cl2FN2O4. The molecule has 1 fully saturated rings. The number of pyridine rings is 1. The molecule has 0 spiro atoms. The molecule has 0 unspecified atom stereocenters. The molecule has 2 heterocycles. The van der Waals surface area contributed by atoms with Crippen LogP contribution >= 0.6 is 23.2 Å². The number of hydrogen-bond acceptors (Lipinski definition) is 5. The zero-order chi connectivity index (χ0) is 18.0. The number of rotatable bonds is 4. The number of nitrogens with zero attached hydrogens (tertiary/aromatic N) is 2. The van der Waals surface area contributed by atoms with Crippen LogP contribution in [-0.4, -0.2) is 23.1 Å². The Bertz CT molecular complexity index is 813. The second-order valence-corrected chi connectivity index (χ2v) is 6.41. The fourth-order valence-corrected chi connectivity index (χ4v) is 3.29. The summed E-state index contributed by atoms with van der Waals surface area (Å²) in [6.07, 6.45) is 2.24. The predicted octanol–water partition coefficient (Wildman–Crippen LogP) is 4.52. The first kappa shape index (κ1) is 17.8. The van der Waals surface area contributed by atoms with Gasteiger partial charge in [0.1, 0.15) is 5.69 Å². The van der Waals surface area contributed by atoms with Crippen LogP contribution in [0.5, 0.6) is 5.75 Å². The molecule has 1 aliphatic rings. The molecule has 2 aromatic rings. The molecule has 25 heavy (non-hydrogen) atoms. The lowest BCUT2D eigenvalue weighted by Gasteiger charge is -2.37. The van der Waals surface area contributed by atoms with Gasteiger partial charge >= 0.3 is 0 Å². The van der Waals surface area contributed by atoms with Gasteiger partial charge in [0, 0.05) is 25.1 Å². The first-order valence-corrected chi connectivity index (χ1v) is 8.19. The summed E-state index contributed by atoms with van der Waals surface area (Å²) in [7, 11) is 0. The van der Waals surface area contributed by atoms with Crippen molar-refractivity contribution >= 4 is 28.9 Å². The largest absolute Gasteiger partial charge is 0.478 e. The number of ether oxygens (including phenoxy) is 2. The average Bonchev–Trinajstić information content (AvgIpc) is 2.57. The normalized spacial score (nSPS) is 16.4. The minimum absolute atomic E-state index is 0.111. The highest BCUT2D eigenvalue weighted by molar-refractivity contribution is 6.34. The van der Waals surface area contributed by atoms with Gasteiger partial charge in [0.25, 0.3) is 5.69 Å². The molecular weight excluding hydrogens is 374 g/mol. The predicted molar refractivity (Wildman–Crippen MR) is 89.7 cm³/mol. The maximum atomic E-state index is 14.3. The fraction of sp³-hybridized carbons (Fsp3) is 0.312. The van der Waals surface area contributed by atoms with E-state index in [9.17, 15) is 14.5 Å². The van der Waals surface area contributed by atoms with Crippen LogP contribution in [0.1, 0.15) is 18.5 Å². The third kappa shape index (κ3) is 3.68. The molecule has 132 valence electrons. The number of benzene rings is 1. The average molecular weight is 387 g/mol. The first-order chi connectivity index (χ1) is 11.9. The Morgan fingerprint density at radius 3 is 2.60 bits per heavy atom. The molecule has 0 amide bonds. The van der Waals surface area contributed by atoms with Crippen molar-refractivity contribution in [1.29, 1.82) is 0 Å². The quantitative estimate of drug-likeness (QED) is 0.570. The van der Waals surface area contributed by atoms with Crippen LogP contribution in [0.3, 0.4) is 0 Å². The molecule has 1 aromatic heterocycles. The molecule has 0 radical (unpaired) electrons. The van der Waals surface area contributed by atoms with E-state index in [4.69, 9.17) is 32.7 Å². The minimum atomic E-state index is -1.00. The van der Waals surface area contributed by atoms with Crippen molar-refractivity contribution in [3.63, 3.8) is 0 Å². The van der Waals surface area contributed by atoms with E-state index in [-0.39, 0.29) is 11.4 Å². The van der Waals surface area contributed by atoms with Crippen molar-refractivity contribution in [3.8, 4) is 5.75 Å². The zero-order valence-electron chi connectivity index (χ0n) is 12.9. The third-order valence-electron chi connectivity index (χ3n) is 3.97. The maximum absolute atomic E-state index is 14.3. The molecule has 9 heteroatoms. The number of nitro groups is 1. The molecule has 0 aliphatic carbocycles. The molecule has 6 nitrogen and oxygen atoms in total. The molecule has 3 rings (SSSR count). The summed E-state index contributed by atoms with van der Waals surface area (Å²) in [5.74, 6) is -0.939. The van der Waals surface area contributed by atoms with Gasteiger partial charge in [0.15, 0.2) is 17.2 Å². The van der Waals surface area contributed by atoms with Gasteiger partial charge in [-0.15, -0.1) is 0 Å². The molecule has 0 N–H and O–H groups in total. The van der Waals surface area contributed by atoms with Crippen molar-refractivity contribution < 1.29 is 18.8 Å². The summed E-state index contributed by atoms with van der Waals surface area (Å²) in [5.41, 5.74) is -0.926. The summed E-state index contributed by atoms with van der Waals surface area (Å²) >= 11 is 12.2. The standard InChI is InChI=1S/C16H13Cl2FN2O4/c17-10-7-12(18)15(20-9-10)16(3-5-24-6-4-16)25-14-2-1-11(21(22)23)8-13(14)19/h1-2,7-9H,3-6H2. The Morgan fingerprint density at radius 1 is 1.28 bits per heavy atom.